The highest BCUT2D eigenvalue weighted by Gasteiger charge is 2.72. The van der Waals surface area contributed by atoms with Crippen LogP contribution in [0.4, 0.5) is 0 Å². The third kappa shape index (κ3) is 1.98. The molecule has 0 aromatic heterocycles. The number of rotatable bonds is 3. The predicted molar refractivity (Wildman–Crippen MR) is 80.6 cm³/mol. The molecule has 0 aromatic rings. The summed E-state index contributed by atoms with van der Waals surface area (Å²) in [6, 6.07) is 0. The van der Waals surface area contributed by atoms with Gasteiger partial charge in [-0.2, -0.15) is 0 Å². The average molecular weight is 326 g/mol. The Morgan fingerprint density at radius 3 is 2.61 bits per heavy atom. The molecule has 7 atom stereocenters. The van der Waals surface area contributed by atoms with Crippen molar-refractivity contribution in [2.75, 3.05) is 20.8 Å². The molecule has 3 fully saturated rings. The van der Waals surface area contributed by atoms with Crippen LogP contribution in [0.5, 0.6) is 0 Å². The summed E-state index contributed by atoms with van der Waals surface area (Å²) in [5.41, 5.74) is -2.45. The summed E-state index contributed by atoms with van der Waals surface area (Å²) in [6.45, 7) is 3.98. The number of ketones is 1. The molecule has 0 spiro atoms. The number of aliphatic hydroxyl groups is 1. The van der Waals surface area contributed by atoms with E-state index in [1.165, 1.54) is 7.11 Å². The molecule has 2 aliphatic carbocycles. The smallest absolute Gasteiger partial charge is 0.312 e. The standard InChI is InChI=1S/C17H26O6/c1-9-5-6-10-11(8-21-3)15(19)23-14(10)16(2)12(18)7-13(22-4)17(9,16)20/h9-11,13-14,20H,5-8H2,1-4H3/t9-,10-,11+,13-,14+,16-,17-/m0/s1. The predicted octanol–water partition coefficient (Wildman–Crippen LogP) is 0.946. The Hall–Kier alpha value is -0.980. The fraction of sp³-hybridized carbons (Fsp3) is 0.882. The first-order valence-electron chi connectivity index (χ1n) is 8.30. The van der Waals surface area contributed by atoms with Crippen molar-refractivity contribution in [3.8, 4) is 0 Å². The minimum Gasteiger partial charge on any atom is -0.461 e. The summed E-state index contributed by atoms with van der Waals surface area (Å²) < 4.78 is 16.3. The fourth-order valence-electron chi connectivity index (χ4n) is 5.19. The number of methoxy groups -OCH3 is 2. The molecule has 0 radical (unpaired) electrons. The molecule has 3 aliphatic rings. The van der Waals surface area contributed by atoms with Crippen LogP contribution in [0.2, 0.25) is 0 Å². The quantitative estimate of drug-likeness (QED) is 0.778. The Morgan fingerprint density at radius 2 is 2.00 bits per heavy atom. The monoisotopic (exact) mass is 326 g/mol. The zero-order chi connectivity index (χ0) is 17.0. The van der Waals surface area contributed by atoms with Gasteiger partial charge in [-0.15, -0.1) is 0 Å². The van der Waals surface area contributed by atoms with E-state index in [-0.39, 0.29) is 42.5 Å². The molecule has 23 heavy (non-hydrogen) atoms. The van der Waals surface area contributed by atoms with Gasteiger partial charge in [-0.05, 0) is 25.7 Å². The van der Waals surface area contributed by atoms with Crippen molar-refractivity contribution in [3.63, 3.8) is 0 Å². The van der Waals surface area contributed by atoms with Crippen LogP contribution >= 0.6 is 0 Å². The van der Waals surface area contributed by atoms with E-state index >= 15 is 0 Å². The Morgan fingerprint density at radius 1 is 1.30 bits per heavy atom. The fourth-order valence-corrected chi connectivity index (χ4v) is 5.19. The Kier molecular flexibility index (Phi) is 4.06. The summed E-state index contributed by atoms with van der Waals surface area (Å²) in [6.07, 6.45) is 0.431. The molecule has 6 heteroatoms. The van der Waals surface area contributed by atoms with Crippen LogP contribution in [0.1, 0.15) is 33.1 Å². The minimum atomic E-state index is -1.32. The highest BCUT2D eigenvalue weighted by molar-refractivity contribution is 5.91. The largest absolute Gasteiger partial charge is 0.461 e. The molecule has 3 rings (SSSR count). The van der Waals surface area contributed by atoms with E-state index in [9.17, 15) is 14.7 Å². The van der Waals surface area contributed by atoms with Gasteiger partial charge in [0.05, 0.1) is 24.0 Å². The zero-order valence-electron chi connectivity index (χ0n) is 14.2. The number of hydrogen-bond donors (Lipinski definition) is 1. The second-order valence-electron chi connectivity index (χ2n) is 7.44. The first-order valence-corrected chi connectivity index (χ1v) is 8.30. The maximum atomic E-state index is 12.9. The van der Waals surface area contributed by atoms with Crippen LogP contribution in [0.25, 0.3) is 0 Å². The van der Waals surface area contributed by atoms with E-state index in [2.05, 4.69) is 0 Å². The van der Waals surface area contributed by atoms with Gasteiger partial charge in [0.1, 0.15) is 17.5 Å². The lowest BCUT2D eigenvalue weighted by Gasteiger charge is -2.46. The lowest BCUT2D eigenvalue weighted by molar-refractivity contribution is -0.193. The Bertz CT molecular complexity index is 519. The van der Waals surface area contributed by atoms with Crippen LogP contribution in [-0.2, 0) is 23.8 Å². The van der Waals surface area contributed by atoms with Gasteiger partial charge < -0.3 is 19.3 Å². The number of carbonyl (C=O) groups is 2. The van der Waals surface area contributed by atoms with E-state index in [0.29, 0.717) is 0 Å². The summed E-state index contributed by atoms with van der Waals surface area (Å²) in [5.74, 6) is -0.999. The van der Waals surface area contributed by atoms with Crippen molar-refractivity contribution >= 4 is 11.8 Å². The van der Waals surface area contributed by atoms with Crippen molar-refractivity contribution in [2.45, 2.75) is 50.9 Å². The van der Waals surface area contributed by atoms with Crippen molar-refractivity contribution in [1.29, 1.82) is 0 Å². The average Bonchev–Trinajstić information content (AvgIpc) is 2.91. The summed E-state index contributed by atoms with van der Waals surface area (Å²) in [4.78, 5) is 25.1. The number of carbonyl (C=O) groups excluding carboxylic acids is 2. The molecule has 2 saturated carbocycles. The molecular weight excluding hydrogens is 300 g/mol. The molecule has 0 aromatic carbocycles. The molecule has 130 valence electrons. The van der Waals surface area contributed by atoms with E-state index in [1.54, 1.807) is 14.0 Å². The number of fused-ring (bicyclic) bond motifs is 3. The highest BCUT2D eigenvalue weighted by Crippen LogP contribution is 2.59. The van der Waals surface area contributed by atoms with Crippen LogP contribution in [0.15, 0.2) is 0 Å². The van der Waals surface area contributed by atoms with Gasteiger partial charge in [0.25, 0.3) is 0 Å². The van der Waals surface area contributed by atoms with Gasteiger partial charge in [-0.1, -0.05) is 6.92 Å². The normalized spacial score (nSPS) is 49.5. The second kappa shape index (κ2) is 5.53. The minimum absolute atomic E-state index is 0.0820. The molecule has 1 saturated heterocycles. The Labute approximate surface area is 136 Å². The number of ether oxygens (including phenoxy) is 3. The topological polar surface area (TPSA) is 82.1 Å². The van der Waals surface area contributed by atoms with Crippen molar-refractivity contribution in [1.82, 2.24) is 0 Å². The van der Waals surface area contributed by atoms with E-state index in [4.69, 9.17) is 14.2 Å². The van der Waals surface area contributed by atoms with Crippen molar-refractivity contribution in [2.24, 2.45) is 23.2 Å². The summed E-state index contributed by atoms with van der Waals surface area (Å²) >= 11 is 0. The van der Waals surface area contributed by atoms with Crippen LogP contribution in [0.3, 0.4) is 0 Å². The van der Waals surface area contributed by atoms with Gasteiger partial charge in [0, 0.05) is 26.6 Å². The van der Waals surface area contributed by atoms with Gasteiger partial charge in [0.15, 0.2) is 0 Å². The molecule has 1 aliphatic heterocycles. The lowest BCUT2D eigenvalue weighted by Crippen LogP contribution is -2.60. The van der Waals surface area contributed by atoms with Crippen LogP contribution in [-0.4, -0.2) is 55.5 Å². The van der Waals surface area contributed by atoms with Gasteiger partial charge in [-0.3, -0.25) is 9.59 Å². The molecule has 1 N–H and O–H groups in total. The third-order valence-corrected chi connectivity index (χ3v) is 6.61. The summed E-state index contributed by atoms with van der Waals surface area (Å²) in [7, 11) is 3.07. The van der Waals surface area contributed by atoms with E-state index in [1.807, 2.05) is 6.92 Å². The number of esters is 1. The van der Waals surface area contributed by atoms with Crippen LogP contribution < -0.4 is 0 Å². The molecule has 0 unspecified atom stereocenters. The van der Waals surface area contributed by atoms with E-state index < -0.39 is 23.2 Å². The van der Waals surface area contributed by atoms with Crippen LogP contribution in [0, 0.1) is 23.2 Å². The first kappa shape index (κ1) is 16.9. The molecule has 6 nitrogen and oxygen atoms in total. The lowest BCUT2D eigenvalue weighted by atomic mass is 9.64. The summed E-state index contributed by atoms with van der Waals surface area (Å²) in [5, 5.41) is 11.5. The molecular formula is C17H26O6. The highest BCUT2D eigenvalue weighted by atomic mass is 16.6. The maximum absolute atomic E-state index is 12.9. The van der Waals surface area contributed by atoms with E-state index in [0.717, 1.165) is 12.8 Å². The second-order valence-corrected chi connectivity index (χ2v) is 7.44. The van der Waals surface area contributed by atoms with Crippen molar-refractivity contribution < 1.29 is 28.9 Å². The number of Topliss-reactive ketones (excluding diaryl/α,β-unsaturated/α-hetero) is 1. The van der Waals surface area contributed by atoms with Crippen molar-refractivity contribution in [3.05, 3.63) is 0 Å². The first-order chi connectivity index (χ1) is 10.8. The molecule has 0 amide bonds. The zero-order valence-corrected chi connectivity index (χ0v) is 14.2. The van der Waals surface area contributed by atoms with Gasteiger partial charge in [0.2, 0.25) is 0 Å². The molecule has 0 bridgehead atoms. The molecule has 1 heterocycles. The SMILES string of the molecule is COC[C@H]1C(=O)O[C@@H]2[C@H]1CC[C@H](C)[C@]1(O)[C@@H](OC)CC(=O)[C@@]21C. The van der Waals surface area contributed by atoms with Gasteiger partial charge >= 0.3 is 5.97 Å². The number of hydrogen-bond acceptors (Lipinski definition) is 6. The third-order valence-electron chi connectivity index (χ3n) is 6.61. The Balaban J connectivity index is 2.08. The maximum Gasteiger partial charge on any atom is 0.312 e. The van der Waals surface area contributed by atoms with Gasteiger partial charge in [-0.25, -0.2) is 0 Å².